The Morgan fingerprint density at radius 1 is 1.39 bits per heavy atom. The monoisotopic (exact) mass is 255 g/mol. The molecule has 1 atom stereocenters. The van der Waals surface area contributed by atoms with Gasteiger partial charge in [0.1, 0.15) is 11.6 Å². The van der Waals surface area contributed by atoms with Crippen LogP contribution < -0.4 is 16.0 Å². The SMILES string of the molecule is CCN(CC)c1cc(NC[C@@H](O)CO)nc(N)n1. The number of hydrogen-bond acceptors (Lipinski definition) is 7. The lowest BCUT2D eigenvalue weighted by atomic mass is 10.3. The summed E-state index contributed by atoms with van der Waals surface area (Å²) in [4.78, 5) is 10.2. The third-order valence-corrected chi connectivity index (χ3v) is 2.55. The Bertz CT molecular complexity index is 370. The van der Waals surface area contributed by atoms with Gasteiger partial charge in [0.15, 0.2) is 0 Å². The maximum atomic E-state index is 9.26. The minimum Gasteiger partial charge on any atom is -0.394 e. The van der Waals surface area contributed by atoms with E-state index in [9.17, 15) is 5.11 Å². The van der Waals surface area contributed by atoms with Crippen molar-refractivity contribution in [3.05, 3.63) is 6.07 Å². The Labute approximate surface area is 107 Å². The van der Waals surface area contributed by atoms with Crippen molar-refractivity contribution >= 4 is 17.6 Å². The number of nitrogens with zero attached hydrogens (tertiary/aromatic N) is 3. The molecule has 18 heavy (non-hydrogen) atoms. The molecule has 0 aliphatic rings. The zero-order valence-electron chi connectivity index (χ0n) is 10.8. The van der Waals surface area contributed by atoms with Crippen molar-refractivity contribution < 1.29 is 10.2 Å². The smallest absolute Gasteiger partial charge is 0.223 e. The molecule has 0 aliphatic heterocycles. The summed E-state index contributed by atoms with van der Waals surface area (Å²) in [5.74, 6) is 1.46. The first-order chi connectivity index (χ1) is 8.60. The molecule has 1 heterocycles. The van der Waals surface area contributed by atoms with Crippen LogP contribution in [0.2, 0.25) is 0 Å². The molecule has 1 aromatic heterocycles. The van der Waals surface area contributed by atoms with E-state index in [-0.39, 0.29) is 19.1 Å². The van der Waals surface area contributed by atoms with Crippen LogP contribution in [0, 0.1) is 0 Å². The number of rotatable bonds is 7. The molecule has 0 saturated heterocycles. The summed E-state index contributed by atoms with van der Waals surface area (Å²) in [5, 5.41) is 20.9. The van der Waals surface area contributed by atoms with Gasteiger partial charge in [0, 0.05) is 25.7 Å². The van der Waals surface area contributed by atoms with Gasteiger partial charge in [-0.15, -0.1) is 0 Å². The van der Waals surface area contributed by atoms with Crippen molar-refractivity contribution in [2.75, 3.05) is 42.2 Å². The number of aliphatic hydroxyl groups is 2. The summed E-state index contributed by atoms with van der Waals surface area (Å²) in [5.41, 5.74) is 5.64. The molecule has 1 aromatic rings. The van der Waals surface area contributed by atoms with Crippen LogP contribution in [0.3, 0.4) is 0 Å². The van der Waals surface area contributed by atoms with Crippen LogP contribution in [-0.4, -0.2) is 52.5 Å². The summed E-state index contributed by atoms with van der Waals surface area (Å²) in [6, 6.07) is 1.77. The quantitative estimate of drug-likeness (QED) is 0.528. The van der Waals surface area contributed by atoms with Crippen LogP contribution in [0.5, 0.6) is 0 Å². The van der Waals surface area contributed by atoms with Crippen LogP contribution in [0.25, 0.3) is 0 Å². The molecular formula is C11H21N5O2. The number of anilines is 3. The highest BCUT2D eigenvalue weighted by atomic mass is 16.3. The van der Waals surface area contributed by atoms with Gasteiger partial charge in [-0.25, -0.2) is 0 Å². The van der Waals surface area contributed by atoms with E-state index in [4.69, 9.17) is 10.8 Å². The standard InChI is InChI=1S/C11H21N5O2/c1-3-16(4-2)10-5-9(14-11(12)15-10)13-6-8(18)7-17/h5,8,17-18H,3-4,6-7H2,1-2H3,(H3,12,13,14,15)/t8-/m1/s1. The van der Waals surface area contributed by atoms with Crippen molar-refractivity contribution in [1.82, 2.24) is 9.97 Å². The molecule has 5 N–H and O–H groups in total. The van der Waals surface area contributed by atoms with Gasteiger partial charge >= 0.3 is 0 Å². The van der Waals surface area contributed by atoms with Gasteiger partial charge in [-0.1, -0.05) is 0 Å². The maximum absolute atomic E-state index is 9.26. The fourth-order valence-electron chi connectivity index (χ4n) is 1.54. The Hall–Kier alpha value is -1.60. The van der Waals surface area contributed by atoms with Crippen molar-refractivity contribution in [3.8, 4) is 0 Å². The molecule has 7 nitrogen and oxygen atoms in total. The molecule has 0 radical (unpaired) electrons. The first-order valence-electron chi connectivity index (χ1n) is 6.03. The molecule has 0 amide bonds. The van der Waals surface area contributed by atoms with Gasteiger partial charge in [-0.3, -0.25) is 0 Å². The molecule has 0 bridgehead atoms. The van der Waals surface area contributed by atoms with Gasteiger partial charge in [0.2, 0.25) is 5.95 Å². The molecule has 0 aromatic carbocycles. The molecular weight excluding hydrogens is 234 g/mol. The van der Waals surface area contributed by atoms with Crippen molar-refractivity contribution in [1.29, 1.82) is 0 Å². The largest absolute Gasteiger partial charge is 0.394 e. The van der Waals surface area contributed by atoms with Gasteiger partial charge < -0.3 is 26.2 Å². The van der Waals surface area contributed by atoms with Crippen molar-refractivity contribution in [3.63, 3.8) is 0 Å². The van der Waals surface area contributed by atoms with Gasteiger partial charge in [-0.05, 0) is 13.8 Å². The zero-order valence-corrected chi connectivity index (χ0v) is 10.8. The lowest BCUT2D eigenvalue weighted by molar-refractivity contribution is 0.105. The Morgan fingerprint density at radius 3 is 2.61 bits per heavy atom. The minimum absolute atomic E-state index is 0.181. The molecule has 7 heteroatoms. The second-order valence-electron chi connectivity index (χ2n) is 3.86. The summed E-state index contributed by atoms with van der Waals surface area (Å²) < 4.78 is 0. The van der Waals surface area contributed by atoms with E-state index in [2.05, 4.69) is 15.3 Å². The first kappa shape index (κ1) is 14.5. The number of nitrogens with two attached hydrogens (primary N) is 1. The Morgan fingerprint density at radius 2 is 2.06 bits per heavy atom. The normalized spacial score (nSPS) is 12.2. The molecule has 0 fully saturated rings. The van der Waals surface area contributed by atoms with E-state index in [1.165, 1.54) is 0 Å². The highest BCUT2D eigenvalue weighted by Crippen LogP contribution is 2.16. The molecule has 1 rings (SSSR count). The van der Waals surface area contributed by atoms with Crippen LogP contribution in [-0.2, 0) is 0 Å². The van der Waals surface area contributed by atoms with E-state index < -0.39 is 6.10 Å². The van der Waals surface area contributed by atoms with Crippen molar-refractivity contribution in [2.45, 2.75) is 20.0 Å². The topological polar surface area (TPSA) is 108 Å². The summed E-state index contributed by atoms with van der Waals surface area (Å²) in [6.07, 6.45) is -0.821. The van der Waals surface area contributed by atoms with E-state index in [0.717, 1.165) is 18.9 Å². The third kappa shape index (κ3) is 4.01. The Balaban J connectivity index is 2.80. The number of nitrogen functional groups attached to an aromatic ring is 1. The van der Waals surface area contributed by atoms with Gasteiger partial charge in [-0.2, -0.15) is 9.97 Å². The predicted octanol–water partition coefficient (Wildman–Crippen LogP) is -0.330. The second-order valence-corrected chi connectivity index (χ2v) is 3.86. The van der Waals surface area contributed by atoms with Crippen LogP contribution in [0.15, 0.2) is 6.07 Å². The summed E-state index contributed by atoms with van der Waals surface area (Å²) >= 11 is 0. The molecule has 0 unspecified atom stereocenters. The van der Waals surface area contributed by atoms with Gasteiger partial charge in [0.25, 0.3) is 0 Å². The maximum Gasteiger partial charge on any atom is 0.223 e. The lowest BCUT2D eigenvalue weighted by Gasteiger charge is -2.20. The average molecular weight is 255 g/mol. The molecule has 0 spiro atoms. The highest BCUT2D eigenvalue weighted by Gasteiger charge is 2.08. The highest BCUT2D eigenvalue weighted by molar-refractivity contribution is 5.52. The third-order valence-electron chi connectivity index (χ3n) is 2.55. The van der Waals surface area contributed by atoms with Crippen LogP contribution >= 0.6 is 0 Å². The first-order valence-corrected chi connectivity index (χ1v) is 6.03. The fourth-order valence-corrected chi connectivity index (χ4v) is 1.54. The molecule has 0 aliphatic carbocycles. The van der Waals surface area contributed by atoms with E-state index >= 15 is 0 Å². The van der Waals surface area contributed by atoms with Crippen molar-refractivity contribution in [2.24, 2.45) is 0 Å². The fraction of sp³-hybridized carbons (Fsp3) is 0.636. The minimum atomic E-state index is -0.821. The number of aliphatic hydroxyl groups excluding tert-OH is 2. The zero-order chi connectivity index (χ0) is 13.5. The van der Waals surface area contributed by atoms with Crippen LogP contribution in [0.4, 0.5) is 17.6 Å². The average Bonchev–Trinajstić information content (AvgIpc) is 2.37. The van der Waals surface area contributed by atoms with Crippen LogP contribution in [0.1, 0.15) is 13.8 Å². The second kappa shape index (κ2) is 6.97. The van der Waals surface area contributed by atoms with E-state index in [0.29, 0.717) is 5.82 Å². The number of nitrogens with one attached hydrogen (secondary N) is 1. The molecule has 0 saturated carbocycles. The van der Waals surface area contributed by atoms with E-state index in [1.54, 1.807) is 6.07 Å². The predicted molar refractivity (Wildman–Crippen MR) is 71.6 cm³/mol. The number of aromatic nitrogens is 2. The lowest BCUT2D eigenvalue weighted by Crippen LogP contribution is -2.25. The molecule has 102 valence electrons. The van der Waals surface area contributed by atoms with Gasteiger partial charge in [0.05, 0.1) is 12.7 Å². The summed E-state index contributed by atoms with van der Waals surface area (Å²) in [6.45, 7) is 5.63. The Kier molecular flexibility index (Phi) is 5.60. The summed E-state index contributed by atoms with van der Waals surface area (Å²) in [7, 11) is 0. The number of hydrogen-bond donors (Lipinski definition) is 4. The van der Waals surface area contributed by atoms with E-state index in [1.807, 2.05) is 18.7 Å².